The molecule has 1 aliphatic heterocycles. The lowest BCUT2D eigenvalue weighted by Crippen LogP contribution is -2.55. The molecule has 2 amide bonds. The van der Waals surface area contributed by atoms with Gasteiger partial charge in [0.2, 0.25) is 0 Å². The molecule has 0 spiro atoms. The number of rotatable bonds is 4. The summed E-state index contributed by atoms with van der Waals surface area (Å²) in [6.07, 6.45) is 3.54. The van der Waals surface area contributed by atoms with Crippen LogP contribution in [0.5, 0.6) is 0 Å². The molecular formula is C11H21N3O. The van der Waals surface area contributed by atoms with Gasteiger partial charge in [-0.3, -0.25) is 0 Å². The SMILES string of the molecule is CNCC(C)N1CCCN(C2CC2)C1=O. The third-order valence-corrected chi connectivity index (χ3v) is 3.31. The van der Waals surface area contributed by atoms with E-state index in [1.807, 2.05) is 11.9 Å². The Morgan fingerprint density at radius 2 is 2.20 bits per heavy atom. The molecule has 0 aromatic rings. The van der Waals surface area contributed by atoms with E-state index in [1.165, 1.54) is 12.8 Å². The van der Waals surface area contributed by atoms with E-state index in [2.05, 4.69) is 17.1 Å². The largest absolute Gasteiger partial charge is 0.322 e. The van der Waals surface area contributed by atoms with Crippen LogP contribution in [-0.2, 0) is 0 Å². The Labute approximate surface area is 91.6 Å². The summed E-state index contributed by atoms with van der Waals surface area (Å²) in [6, 6.07) is 1.12. The van der Waals surface area contributed by atoms with Gasteiger partial charge in [-0.1, -0.05) is 0 Å². The summed E-state index contributed by atoms with van der Waals surface area (Å²) in [5, 5.41) is 3.13. The zero-order valence-corrected chi connectivity index (χ0v) is 9.70. The van der Waals surface area contributed by atoms with Crippen LogP contribution in [0.3, 0.4) is 0 Å². The van der Waals surface area contributed by atoms with Gasteiger partial charge >= 0.3 is 6.03 Å². The predicted octanol–water partition coefficient (Wildman–Crippen LogP) is 0.884. The average Bonchev–Trinajstić information content (AvgIpc) is 3.02. The summed E-state index contributed by atoms with van der Waals surface area (Å²) in [5.41, 5.74) is 0. The molecule has 0 bridgehead atoms. The summed E-state index contributed by atoms with van der Waals surface area (Å²) in [7, 11) is 1.93. The Bertz CT molecular complexity index is 240. The van der Waals surface area contributed by atoms with Gasteiger partial charge in [0.25, 0.3) is 0 Å². The van der Waals surface area contributed by atoms with Crippen molar-refractivity contribution < 1.29 is 4.79 Å². The van der Waals surface area contributed by atoms with Crippen molar-refractivity contribution in [3.63, 3.8) is 0 Å². The van der Waals surface area contributed by atoms with Crippen molar-refractivity contribution >= 4 is 6.03 Å². The molecule has 4 heteroatoms. The first-order valence-corrected chi connectivity index (χ1v) is 5.96. The Morgan fingerprint density at radius 3 is 2.80 bits per heavy atom. The van der Waals surface area contributed by atoms with Crippen molar-refractivity contribution in [3.8, 4) is 0 Å². The highest BCUT2D eigenvalue weighted by Gasteiger charge is 2.37. The van der Waals surface area contributed by atoms with E-state index < -0.39 is 0 Å². The van der Waals surface area contributed by atoms with E-state index in [0.717, 1.165) is 26.1 Å². The highest BCUT2D eigenvalue weighted by molar-refractivity contribution is 5.76. The van der Waals surface area contributed by atoms with Crippen LogP contribution in [0, 0.1) is 0 Å². The maximum atomic E-state index is 12.1. The first-order valence-electron chi connectivity index (χ1n) is 5.96. The van der Waals surface area contributed by atoms with Crippen LogP contribution in [0.2, 0.25) is 0 Å². The van der Waals surface area contributed by atoms with E-state index in [9.17, 15) is 4.79 Å². The summed E-state index contributed by atoms with van der Waals surface area (Å²) in [4.78, 5) is 16.2. The highest BCUT2D eigenvalue weighted by atomic mass is 16.2. The fourth-order valence-electron chi connectivity index (χ4n) is 2.31. The molecule has 0 radical (unpaired) electrons. The fraction of sp³-hybridized carbons (Fsp3) is 0.909. The summed E-state index contributed by atoms with van der Waals surface area (Å²) < 4.78 is 0. The number of urea groups is 1. The maximum Gasteiger partial charge on any atom is 0.320 e. The fourth-order valence-corrected chi connectivity index (χ4v) is 2.31. The van der Waals surface area contributed by atoms with Crippen LogP contribution in [0.15, 0.2) is 0 Å². The number of likely N-dealkylation sites (N-methyl/N-ethyl adjacent to an activating group) is 1. The summed E-state index contributed by atoms with van der Waals surface area (Å²) in [5.74, 6) is 0. The predicted molar refractivity (Wildman–Crippen MR) is 59.8 cm³/mol. The lowest BCUT2D eigenvalue weighted by Gasteiger charge is -2.39. The quantitative estimate of drug-likeness (QED) is 0.749. The Morgan fingerprint density at radius 1 is 1.47 bits per heavy atom. The molecule has 2 fully saturated rings. The molecule has 15 heavy (non-hydrogen) atoms. The molecule has 2 rings (SSSR count). The standard InChI is InChI=1S/C11H21N3O/c1-9(8-12-2)13-6-3-7-14(11(13)15)10-4-5-10/h9-10,12H,3-8H2,1-2H3. The number of hydrogen-bond acceptors (Lipinski definition) is 2. The van der Waals surface area contributed by atoms with Crippen LogP contribution < -0.4 is 5.32 Å². The number of hydrogen-bond donors (Lipinski definition) is 1. The van der Waals surface area contributed by atoms with E-state index in [0.29, 0.717) is 12.1 Å². The number of nitrogens with zero attached hydrogens (tertiary/aromatic N) is 2. The van der Waals surface area contributed by atoms with E-state index in [1.54, 1.807) is 0 Å². The van der Waals surface area contributed by atoms with E-state index in [4.69, 9.17) is 0 Å². The van der Waals surface area contributed by atoms with Gasteiger partial charge in [0.1, 0.15) is 0 Å². The number of carbonyl (C=O) groups excluding carboxylic acids is 1. The maximum absolute atomic E-state index is 12.1. The minimum atomic E-state index is 0.256. The van der Waals surface area contributed by atoms with Crippen LogP contribution >= 0.6 is 0 Å². The van der Waals surface area contributed by atoms with Gasteiger partial charge in [0.15, 0.2) is 0 Å². The molecule has 1 heterocycles. The van der Waals surface area contributed by atoms with Crippen molar-refractivity contribution in [1.82, 2.24) is 15.1 Å². The van der Waals surface area contributed by atoms with Crippen molar-refractivity contribution in [2.24, 2.45) is 0 Å². The topological polar surface area (TPSA) is 35.6 Å². The van der Waals surface area contributed by atoms with Gasteiger partial charge in [-0.15, -0.1) is 0 Å². The van der Waals surface area contributed by atoms with Gasteiger partial charge < -0.3 is 15.1 Å². The van der Waals surface area contributed by atoms with Gasteiger partial charge in [0, 0.05) is 31.7 Å². The second-order valence-electron chi connectivity index (χ2n) is 4.66. The van der Waals surface area contributed by atoms with Gasteiger partial charge in [-0.25, -0.2) is 4.79 Å². The third-order valence-electron chi connectivity index (χ3n) is 3.31. The molecular weight excluding hydrogens is 190 g/mol. The minimum Gasteiger partial charge on any atom is -0.322 e. The average molecular weight is 211 g/mol. The summed E-state index contributed by atoms with van der Waals surface area (Å²) in [6.45, 7) is 4.88. The second kappa shape index (κ2) is 4.39. The Kier molecular flexibility index (Phi) is 3.14. The van der Waals surface area contributed by atoms with Gasteiger partial charge in [-0.2, -0.15) is 0 Å². The lowest BCUT2D eigenvalue weighted by molar-refractivity contribution is 0.109. The van der Waals surface area contributed by atoms with Crippen molar-refractivity contribution in [2.45, 2.75) is 38.3 Å². The molecule has 86 valence electrons. The molecule has 4 nitrogen and oxygen atoms in total. The van der Waals surface area contributed by atoms with E-state index >= 15 is 0 Å². The zero-order valence-electron chi connectivity index (χ0n) is 9.70. The molecule has 1 saturated carbocycles. The normalized spacial score (nSPS) is 24.5. The summed E-state index contributed by atoms with van der Waals surface area (Å²) >= 11 is 0. The lowest BCUT2D eigenvalue weighted by atomic mass is 10.2. The molecule has 2 aliphatic rings. The number of nitrogens with one attached hydrogen (secondary N) is 1. The number of amides is 2. The van der Waals surface area contributed by atoms with E-state index in [-0.39, 0.29) is 6.03 Å². The monoisotopic (exact) mass is 211 g/mol. The molecule has 1 atom stereocenters. The van der Waals surface area contributed by atoms with Crippen LogP contribution in [0.1, 0.15) is 26.2 Å². The van der Waals surface area contributed by atoms with Crippen LogP contribution in [0.4, 0.5) is 4.79 Å². The van der Waals surface area contributed by atoms with Crippen molar-refractivity contribution in [2.75, 3.05) is 26.7 Å². The van der Waals surface area contributed by atoms with Crippen LogP contribution in [0.25, 0.3) is 0 Å². The second-order valence-corrected chi connectivity index (χ2v) is 4.66. The molecule has 1 saturated heterocycles. The third kappa shape index (κ3) is 2.25. The van der Waals surface area contributed by atoms with Crippen molar-refractivity contribution in [1.29, 1.82) is 0 Å². The first-order chi connectivity index (χ1) is 7.24. The van der Waals surface area contributed by atoms with Crippen molar-refractivity contribution in [3.05, 3.63) is 0 Å². The van der Waals surface area contributed by atoms with Gasteiger partial charge in [0.05, 0.1) is 0 Å². The molecule has 0 aromatic heterocycles. The van der Waals surface area contributed by atoms with Crippen LogP contribution in [-0.4, -0.2) is 54.6 Å². The smallest absolute Gasteiger partial charge is 0.320 e. The molecule has 0 aromatic carbocycles. The zero-order chi connectivity index (χ0) is 10.8. The minimum absolute atomic E-state index is 0.256. The molecule has 1 unspecified atom stereocenters. The molecule has 1 aliphatic carbocycles. The Hall–Kier alpha value is -0.770. The Balaban J connectivity index is 1.95. The van der Waals surface area contributed by atoms with Gasteiger partial charge in [-0.05, 0) is 33.2 Å². The number of carbonyl (C=O) groups is 1. The first kappa shape index (κ1) is 10.7. The molecule has 1 N–H and O–H groups in total. The highest BCUT2D eigenvalue weighted by Crippen LogP contribution is 2.29.